The lowest BCUT2D eigenvalue weighted by atomic mass is 9.83. The lowest BCUT2D eigenvalue weighted by Crippen LogP contribution is -2.79. The summed E-state index contributed by atoms with van der Waals surface area (Å²) in [5.41, 5.74) is 0. The SMILES string of the molecule is FCC(F)(F)C(F)(F)C(F)(F)C(F)(F)C(F)(F)C(F)(F)C(F)(F)C(F)(F)C(F)(F)C(F)(F)C(F)(F)C(F)(F)C(F)(F)C(F)(F)F. The van der Waals surface area contributed by atoms with E-state index in [-0.39, 0.29) is 0 Å². The highest BCUT2D eigenvalue weighted by Gasteiger charge is 3.00. The zero-order valence-electron chi connectivity index (χ0n) is 19.0. The summed E-state index contributed by atoms with van der Waals surface area (Å²) >= 11 is 0. The van der Waals surface area contributed by atoms with Crippen molar-refractivity contribution in [3.63, 3.8) is 0 Å². The van der Waals surface area contributed by atoms with E-state index in [1.165, 1.54) is 0 Å². The van der Waals surface area contributed by atoms with Crippen LogP contribution in [0.25, 0.3) is 0 Å². The van der Waals surface area contributed by atoms with Gasteiger partial charge in [0.25, 0.3) is 0 Å². The Morgan fingerprint density at radius 1 is 0.200 bits per heavy atom. The predicted molar refractivity (Wildman–Crippen MR) is 76.3 cm³/mol. The van der Waals surface area contributed by atoms with Crippen LogP contribution in [-0.4, -0.2) is 89.8 Å². The Kier molecular flexibility index (Phi) is 9.72. The lowest BCUT2D eigenvalue weighted by Gasteiger charge is -2.46. The summed E-state index contributed by atoms with van der Waals surface area (Å²) in [5, 5.41) is 0. The molecule has 0 aliphatic heterocycles. The van der Waals surface area contributed by atoms with Crippen LogP contribution < -0.4 is 0 Å². The second kappa shape index (κ2) is 10.2. The third-order valence-corrected chi connectivity index (χ3v) is 5.32. The molecule has 30 heteroatoms. The third kappa shape index (κ3) is 4.80. The molecule has 0 fully saturated rings. The van der Waals surface area contributed by atoms with Crippen LogP contribution in [-0.2, 0) is 0 Å². The van der Waals surface area contributed by atoms with E-state index in [1.54, 1.807) is 0 Å². The molecule has 0 amide bonds. The van der Waals surface area contributed by atoms with Crippen molar-refractivity contribution in [2.75, 3.05) is 6.67 Å². The topological polar surface area (TPSA) is 0 Å². The molecule has 0 aromatic heterocycles. The summed E-state index contributed by atoms with van der Waals surface area (Å²) < 4.78 is 393. The minimum atomic E-state index is -9.96. The van der Waals surface area contributed by atoms with Gasteiger partial charge in [0.05, 0.1) is 0 Å². The second-order valence-electron chi connectivity index (χ2n) is 8.23. The van der Waals surface area contributed by atoms with Crippen molar-refractivity contribution >= 4 is 0 Å². The Morgan fingerprint density at radius 2 is 0.333 bits per heavy atom. The molecule has 0 N–H and O–H groups in total. The van der Waals surface area contributed by atoms with Crippen LogP contribution >= 0.6 is 0 Å². The van der Waals surface area contributed by atoms with Gasteiger partial charge in [0.1, 0.15) is 0 Å². The molecule has 0 rings (SSSR count). The second-order valence-corrected chi connectivity index (χ2v) is 8.23. The van der Waals surface area contributed by atoms with E-state index in [0.29, 0.717) is 0 Å². The highest BCUT2D eigenvalue weighted by molar-refractivity contribution is 5.21. The molecule has 0 unspecified atom stereocenters. The van der Waals surface area contributed by atoms with Crippen molar-refractivity contribution in [1.29, 1.82) is 0 Å². The first-order chi connectivity index (χ1) is 18.8. The van der Waals surface area contributed by atoms with Gasteiger partial charge in [-0.25, -0.2) is 4.39 Å². The van der Waals surface area contributed by atoms with Crippen LogP contribution in [0.1, 0.15) is 0 Å². The van der Waals surface area contributed by atoms with Crippen LogP contribution in [0.4, 0.5) is 132 Å². The van der Waals surface area contributed by atoms with E-state index in [9.17, 15) is 132 Å². The molecule has 0 nitrogen and oxygen atoms in total. The Hall–Kier alpha value is -2.10. The number of hydrogen-bond donors (Lipinski definition) is 0. The Morgan fingerprint density at radius 3 is 0.467 bits per heavy atom. The Bertz CT molecular complexity index is 1070. The maximum atomic E-state index is 13.6. The summed E-state index contributed by atoms with van der Waals surface area (Å²) in [7, 11) is 0. The van der Waals surface area contributed by atoms with E-state index in [2.05, 4.69) is 0 Å². The summed E-state index contributed by atoms with van der Waals surface area (Å²) in [6.07, 6.45) is -8.30. The van der Waals surface area contributed by atoms with Crippen molar-refractivity contribution < 1.29 is 132 Å². The van der Waals surface area contributed by atoms with Crippen molar-refractivity contribution in [2.45, 2.75) is 83.2 Å². The van der Waals surface area contributed by atoms with E-state index < -0.39 is 89.8 Å². The molecule has 0 saturated heterocycles. The quantitative estimate of drug-likeness (QED) is 0.165. The van der Waals surface area contributed by atoms with Crippen LogP contribution in [0.3, 0.4) is 0 Å². The molecule has 0 aliphatic carbocycles. The maximum Gasteiger partial charge on any atom is 0.460 e. The minimum Gasteiger partial charge on any atom is -0.244 e. The van der Waals surface area contributed by atoms with Gasteiger partial charge < -0.3 is 0 Å². The van der Waals surface area contributed by atoms with Gasteiger partial charge in [0.15, 0.2) is 6.67 Å². The van der Waals surface area contributed by atoms with Crippen LogP contribution in [0.5, 0.6) is 0 Å². The first-order valence-corrected chi connectivity index (χ1v) is 9.35. The number of alkyl halides is 30. The predicted octanol–water partition coefficient (Wildman–Crippen LogP) is 9.78. The molecule has 0 bridgehead atoms. The fourth-order valence-corrected chi connectivity index (χ4v) is 2.46. The highest BCUT2D eigenvalue weighted by atomic mass is 19.4. The molecule has 0 radical (unpaired) electrons. The van der Waals surface area contributed by atoms with Crippen LogP contribution in [0.2, 0.25) is 0 Å². The fourth-order valence-electron chi connectivity index (χ4n) is 2.46. The first kappa shape index (κ1) is 42.9. The van der Waals surface area contributed by atoms with Crippen molar-refractivity contribution in [2.24, 2.45) is 0 Å². The molecule has 0 spiro atoms. The summed E-state index contributed by atoms with van der Waals surface area (Å²) in [6.45, 7) is -4.35. The van der Waals surface area contributed by atoms with Crippen LogP contribution in [0, 0.1) is 0 Å². The highest BCUT2D eigenvalue weighted by Crippen LogP contribution is 2.68. The molecule has 0 aromatic carbocycles. The van der Waals surface area contributed by atoms with Gasteiger partial charge in [-0.3, -0.25) is 0 Å². The molecule has 0 saturated carbocycles. The van der Waals surface area contributed by atoms with Gasteiger partial charge in [-0.15, -0.1) is 0 Å². The Labute approximate surface area is 223 Å². The zero-order valence-corrected chi connectivity index (χ0v) is 19.0. The van der Waals surface area contributed by atoms with Gasteiger partial charge >= 0.3 is 83.2 Å². The molecular formula is C15H2F30. The van der Waals surface area contributed by atoms with E-state index in [0.717, 1.165) is 0 Å². The Balaban J connectivity index is 7.53. The van der Waals surface area contributed by atoms with Crippen molar-refractivity contribution in [3.8, 4) is 0 Å². The summed E-state index contributed by atoms with van der Waals surface area (Å²) in [6, 6.07) is 0. The third-order valence-electron chi connectivity index (χ3n) is 5.32. The van der Waals surface area contributed by atoms with Gasteiger partial charge in [-0.05, 0) is 0 Å². The van der Waals surface area contributed by atoms with Gasteiger partial charge in [0.2, 0.25) is 0 Å². The largest absolute Gasteiger partial charge is 0.460 e. The first-order valence-electron chi connectivity index (χ1n) is 9.35. The molecular weight excluding hydrogens is 750 g/mol. The van der Waals surface area contributed by atoms with E-state index in [1.807, 2.05) is 0 Å². The monoisotopic (exact) mass is 752 g/mol. The molecule has 0 atom stereocenters. The summed E-state index contributed by atoms with van der Waals surface area (Å²) in [4.78, 5) is 0. The van der Waals surface area contributed by atoms with Gasteiger partial charge in [-0.1, -0.05) is 0 Å². The molecule has 0 heterocycles. The lowest BCUT2D eigenvalue weighted by molar-refractivity contribution is -0.487. The van der Waals surface area contributed by atoms with E-state index >= 15 is 0 Å². The van der Waals surface area contributed by atoms with Crippen molar-refractivity contribution in [3.05, 3.63) is 0 Å². The number of halogens is 30. The average Bonchev–Trinajstić information content (AvgIpc) is 2.81. The maximum absolute atomic E-state index is 13.6. The molecule has 45 heavy (non-hydrogen) atoms. The number of rotatable bonds is 13. The zero-order chi connectivity index (χ0) is 37.7. The van der Waals surface area contributed by atoms with Gasteiger partial charge in [-0.2, -0.15) is 127 Å². The average molecular weight is 752 g/mol. The molecule has 272 valence electrons. The smallest absolute Gasteiger partial charge is 0.244 e. The molecule has 0 aliphatic rings. The number of hydrogen-bond acceptors (Lipinski definition) is 0. The summed E-state index contributed by atoms with van der Waals surface area (Å²) in [5.74, 6) is -121. The fraction of sp³-hybridized carbons (Fsp3) is 1.00. The minimum absolute atomic E-state index is 4.35. The van der Waals surface area contributed by atoms with Crippen molar-refractivity contribution in [1.82, 2.24) is 0 Å². The standard InChI is InChI=1S/C15H2F30/c16-1-2(17,18)3(19,20)4(21,22)5(23,24)6(25,26)7(27,28)8(29,30)9(31,32)10(33,34)11(35,36)12(37,38)13(39,40)14(41,42)15(43,44)45/h1H2. The molecule has 0 aromatic rings. The van der Waals surface area contributed by atoms with Gasteiger partial charge in [0, 0.05) is 0 Å². The normalized spacial score (nSPS) is 17.2. The van der Waals surface area contributed by atoms with E-state index in [4.69, 9.17) is 0 Å². The van der Waals surface area contributed by atoms with Crippen LogP contribution in [0.15, 0.2) is 0 Å².